The summed E-state index contributed by atoms with van der Waals surface area (Å²) in [4.78, 5) is 2.23. The van der Waals surface area contributed by atoms with E-state index in [9.17, 15) is 5.11 Å². The highest BCUT2D eigenvalue weighted by atomic mass is 32.2. The molecule has 0 saturated carbocycles. The van der Waals surface area contributed by atoms with Crippen LogP contribution in [0.5, 0.6) is 11.5 Å². The minimum atomic E-state index is -0.425. The van der Waals surface area contributed by atoms with Crippen molar-refractivity contribution in [3.63, 3.8) is 0 Å². The fourth-order valence-corrected chi connectivity index (χ4v) is 4.52. The Balaban J connectivity index is 1.43. The highest BCUT2D eigenvalue weighted by Crippen LogP contribution is 2.32. The molecule has 0 saturated heterocycles. The summed E-state index contributed by atoms with van der Waals surface area (Å²) in [5.41, 5.74) is 0. The van der Waals surface area contributed by atoms with Crippen LogP contribution in [0.3, 0.4) is 0 Å². The molecule has 0 fully saturated rings. The molecule has 0 amide bonds. The first-order chi connectivity index (χ1) is 12.3. The molecule has 2 N–H and O–H groups in total. The molecule has 4 nitrogen and oxygen atoms in total. The number of para-hydroxylation sites is 2. The molecule has 3 rings (SSSR count). The summed E-state index contributed by atoms with van der Waals surface area (Å²) in [6.45, 7) is 1.17. The Labute approximate surface area is 157 Å². The lowest BCUT2D eigenvalue weighted by atomic mass is 10.3. The van der Waals surface area contributed by atoms with Crippen LogP contribution in [0.25, 0.3) is 0 Å². The highest BCUT2D eigenvalue weighted by molar-refractivity contribution is 7.99. The van der Waals surface area contributed by atoms with Gasteiger partial charge in [0.15, 0.2) is 0 Å². The first kappa shape index (κ1) is 18.5. The van der Waals surface area contributed by atoms with E-state index in [-0.39, 0.29) is 6.04 Å². The van der Waals surface area contributed by atoms with Gasteiger partial charge in [0.1, 0.15) is 18.1 Å². The standard InChI is InChI=1S/C19H23NO3S2/c1-22-16-6-2-4-8-18(16)25-13-15(21)10-20-14-11-23-17-7-3-5-9-19(17)24-12-14/h2-9,14-15,20-21H,10-13H2,1H3/t14-,15?/m0/s1. The fraction of sp³-hybridized carbons (Fsp3) is 0.368. The van der Waals surface area contributed by atoms with Crippen molar-refractivity contribution in [1.29, 1.82) is 0 Å². The van der Waals surface area contributed by atoms with Crippen LogP contribution in [0.2, 0.25) is 0 Å². The molecular formula is C19H23NO3S2. The van der Waals surface area contributed by atoms with Gasteiger partial charge in [-0.25, -0.2) is 0 Å². The molecule has 2 atom stereocenters. The van der Waals surface area contributed by atoms with E-state index in [0.29, 0.717) is 18.9 Å². The number of methoxy groups -OCH3 is 1. The van der Waals surface area contributed by atoms with E-state index in [2.05, 4.69) is 11.4 Å². The Morgan fingerprint density at radius 1 is 1.28 bits per heavy atom. The van der Waals surface area contributed by atoms with Crippen LogP contribution in [0.15, 0.2) is 58.3 Å². The average molecular weight is 378 g/mol. The van der Waals surface area contributed by atoms with Crippen molar-refractivity contribution >= 4 is 23.5 Å². The number of hydrogen-bond donors (Lipinski definition) is 2. The molecule has 0 radical (unpaired) electrons. The van der Waals surface area contributed by atoms with Crippen LogP contribution >= 0.6 is 23.5 Å². The van der Waals surface area contributed by atoms with Crippen LogP contribution < -0.4 is 14.8 Å². The molecule has 0 spiro atoms. The Morgan fingerprint density at radius 2 is 2.08 bits per heavy atom. The van der Waals surface area contributed by atoms with E-state index in [0.717, 1.165) is 22.1 Å². The molecule has 1 heterocycles. The second-order valence-electron chi connectivity index (χ2n) is 5.79. The SMILES string of the molecule is COc1ccccc1SCC(O)CN[C@H]1COc2ccccc2SC1. The van der Waals surface area contributed by atoms with Crippen molar-refractivity contribution in [1.82, 2.24) is 5.32 Å². The molecular weight excluding hydrogens is 354 g/mol. The summed E-state index contributed by atoms with van der Waals surface area (Å²) in [7, 11) is 1.67. The number of benzene rings is 2. The largest absolute Gasteiger partial charge is 0.496 e. The van der Waals surface area contributed by atoms with Gasteiger partial charge in [0.05, 0.1) is 19.3 Å². The molecule has 2 aromatic carbocycles. The predicted octanol–water partition coefficient (Wildman–Crippen LogP) is 3.29. The van der Waals surface area contributed by atoms with Gasteiger partial charge in [-0.15, -0.1) is 23.5 Å². The maximum Gasteiger partial charge on any atom is 0.132 e. The lowest BCUT2D eigenvalue weighted by Gasteiger charge is -2.18. The Hall–Kier alpha value is -1.34. The topological polar surface area (TPSA) is 50.7 Å². The Bertz CT molecular complexity index is 656. The molecule has 1 unspecified atom stereocenters. The monoisotopic (exact) mass is 377 g/mol. The van der Waals surface area contributed by atoms with Crippen molar-refractivity contribution in [2.45, 2.75) is 21.9 Å². The van der Waals surface area contributed by atoms with Gasteiger partial charge in [0, 0.05) is 27.8 Å². The third-order valence-electron chi connectivity index (χ3n) is 3.87. The zero-order valence-electron chi connectivity index (χ0n) is 14.2. The Morgan fingerprint density at radius 3 is 2.96 bits per heavy atom. The smallest absolute Gasteiger partial charge is 0.132 e. The lowest BCUT2D eigenvalue weighted by molar-refractivity contribution is 0.183. The zero-order chi connectivity index (χ0) is 17.5. The van der Waals surface area contributed by atoms with Gasteiger partial charge in [0.25, 0.3) is 0 Å². The van der Waals surface area contributed by atoms with Gasteiger partial charge in [-0.3, -0.25) is 0 Å². The van der Waals surface area contributed by atoms with Crippen LogP contribution in [0, 0.1) is 0 Å². The quantitative estimate of drug-likeness (QED) is 0.722. The second-order valence-corrected chi connectivity index (χ2v) is 7.91. The lowest BCUT2D eigenvalue weighted by Crippen LogP contribution is -2.41. The summed E-state index contributed by atoms with van der Waals surface area (Å²) in [5, 5.41) is 13.7. The van der Waals surface area contributed by atoms with Crippen molar-refractivity contribution in [2.75, 3.05) is 31.8 Å². The first-order valence-corrected chi connectivity index (χ1v) is 10.3. The normalized spacial score (nSPS) is 17.9. The van der Waals surface area contributed by atoms with Crippen LogP contribution in [-0.4, -0.2) is 49.0 Å². The van der Waals surface area contributed by atoms with Gasteiger partial charge in [0.2, 0.25) is 0 Å². The van der Waals surface area contributed by atoms with E-state index in [1.165, 1.54) is 4.90 Å². The minimum Gasteiger partial charge on any atom is -0.496 e. The van der Waals surface area contributed by atoms with Crippen LogP contribution in [0.1, 0.15) is 0 Å². The number of ether oxygens (including phenoxy) is 2. The number of aliphatic hydroxyl groups excluding tert-OH is 1. The first-order valence-electron chi connectivity index (χ1n) is 8.28. The molecule has 1 aliphatic rings. The fourth-order valence-electron chi connectivity index (χ4n) is 2.52. The number of nitrogens with one attached hydrogen (secondary N) is 1. The number of thioether (sulfide) groups is 2. The second kappa shape index (κ2) is 9.38. The van der Waals surface area contributed by atoms with Crippen LogP contribution in [-0.2, 0) is 0 Å². The van der Waals surface area contributed by atoms with E-state index in [1.807, 2.05) is 42.5 Å². The number of rotatable bonds is 7. The molecule has 6 heteroatoms. The Kier molecular flexibility index (Phi) is 6.93. The summed E-state index contributed by atoms with van der Waals surface area (Å²) in [6.07, 6.45) is -0.425. The number of fused-ring (bicyclic) bond motifs is 1. The number of aliphatic hydroxyl groups is 1. The average Bonchev–Trinajstić information content (AvgIpc) is 2.87. The molecule has 2 aromatic rings. The summed E-state index contributed by atoms with van der Waals surface area (Å²) in [6, 6.07) is 16.2. The van der Waals surface area contributed by atoms with Gasteiger partial charge in [-0.2, -0.15) is 0 Å². The molecule has 0 aromatic heterocycles. The van der Waals surface area contributed by atoms with Crippen molar-refractivity contribution in [3.8, 4) is 11.5 Å². The molecule has 0 bridgehead atoms. The van der Waals surface area contributed by atoms with Gasteiger partial charge >= 0.3 is 0 Å². The van der Waals surface area contributed by atoms with Crippen LogP contribution in [0.4, 0.5) is 0 Å². The summed E-state index contributed by atoms with van der Waals surface area (Å²) < 4.78 is 11.2. The number of hydrogen-bond acceptors (Lipinski definition) is 6. The third kappa shape index (κ3) is 5.31. The maximum atomic E-state index is 10.3. The summed E-state index contributed by atoms with van der Waals surface area (Å²) in [5.74, 6) is 3.35. The van der Waals surface area contributed by atoms with Gasteiger partial charge in [-0.05, 0) is 24.3 Å². The molecule has 25 heavy (non-hydrogen) atoms. The molecule has 134 valence electrons. The van der Waals surface area contributed by atoms with Crippen molar-refractivity contribution in [3.05, 3.63) is 48.5 Å². The van der Waals surface area contributed by atoms with E-state index < -0.39 is 6.10 Å². The zero-order valence-corrected chi connectivity index (χ0v) is 15.8. The van der Waals surface area contributed by atoms with Crippen molar-refractivity contribution < 1.29 is 14.6 Å². The molecule has 0 aliphatic carbocycles. The van der Waals surface area contributed by atoms with Crippen molar-refractivity contribution in [2.24, 2.45) is 0 Å². The maximum absolute atomic E-state index is 10.3. The van der Waals surface area contributed by atoms with E-state index in [1.54, 1.807) is 30.6 Å². The minimum absolute atomic E-state index is 0.225. The predicted molar refractivity (Wildman–Crippen MR) is 104 cm³/mol. The summed E-state index contributed by atoms with van der Waals surface area (Å²) >= 11 is 3.40. The third-order valence-corrected chi connectivity index (χ3v) is 6.29. The molecule has 1 aliphatic heterocycles. The van der Waals surface area contributed by atoms with E-state index in [4.69, 9.17) is 9.47 Å². The van der Waals surface area contributed by atoms with E-state index >= 15 is 0 Å². The highest BCUT2D eigenvalue weighted by Gasteiger charge is 2.18. The van der Waals surface area contributed by atoms with Gasteiger partial charge in [-0.1, -0.05) is 24.3 Å². The van der Waals surface area contributed by atoms with Gasteiger partial charge < -0.3 is 19.9 Å².